The van der Waals surface area contributed by atoms with Gasteiger partial charge in [-0.15, -0.1) is 0 Å². The minimum absolute atomic E-state index is 0.0596. The third-order valence-corrected chi connectivity index (χ3v) is 1.87. The molecule has 0 aromatic heterocycles. The summed E-state index contributed by atoms with van der Waals surface area (Å²) in [6.45, 7) is 4.52. The lowest BCUT2D eigenvalue weighted by molar-refractivity contribution is 0.340. The molecule has 1 N–H and O–H groups in total. The number of hydrogen-bond donors (Lipinski definition) is 1. The lowest BCUT2D eigenvalue weighted by Crippen LogP contribution is -1.92. The topological polar surface area (TPSA) is 45.4 Å². The lowest BCUT2D eigenvalue weighted by atomic mass is 10.1. The van der Waals surface area contributed by atoms with Crippen molar-refractivity contribution in [2.24, 2.45) is 5.11 Å². The molecule has 1 atom stereocenters. The zero-order valence-electron chi connectivity index (χ0n) is 7.95. The largest absolute Gasteiger partial charge is 0.494 e. The van der Waals surface area contributed by atoms with Crippen LogP contribution in [0.5, 0.6) is 5.75 Å². The Labute approximate surface area is 78.2 Å². The molecular weight excluding hydrogens is 164 g/mol. The van der Waals surface area contributed by atoms with E-state index in [-0.39, 0.29) is 6.04 Å². The Hall–Kier alpha value is -1.38. The number of rotatable bonds is 4. The highest BCUT2D eigenvalue weighted by atomic mass is 16.5. The number of ether oxygens (including phenoxy) is 1. The van der Waals surface area contributed by atoms with Crippen LogP contribution in [0.1, 0.15) is 25.5 Å². The molecule has 13 heavy (non-hydrogen) atoms. The number of hydrogen-bond acceptors (Lipinski definition) is 3. The molecule has 0 saturated carbocycles. The second kappa shape index (κ2) is 4.60. The van der Waals surface area contributed by atoms with Crippen molar-refractivity contribution in [1.29, 1.82) is 5.53 Å². The van der Waals surface area contributed by atoms with E-state index >= 15 is 0 Å². The van der Waals surface area contributed by atoms with E-state index in [0.29, 0.717) is 6.61 Å². The molecule has 0 aliphatic rings. The summed E-state index contributed by atoms with van der Waals surface area (Å²) in [5, 5.41) is 3.44. The van der Waals surface area contributed by atoms with Gasteiger partial charge in [0, 0.05) is 0 Å². The Morgan fingerprint density at radius 1 is 1.38 bits per heavy atom. The molecule has 0 aliphatic heterocycles. The zero-order chi connectivity index (χ0) is 9.68. The molecule has 0 saturated heterocycles. The fraction of sp³-hybridized carbons (Fsp3) is 0.400. The highest BCUT2D eigenvalue weighted by molar-refractivity contribution is 5.28. The van der Waals surface area contributed by atoms with Crippen LogP contribution < -0.4 is 4.74 Å². The van der Waals surface area contributed by atoms with Crippen LogP contribution in [-0.2, 0) is 0 Å². The van der Waals surface area contributed by atoms with Gasteiger partial charge in [0.1, 0.15) is 5.75 Å². The molecule has 1 aromatic carbocycles. The van der Waals surface area contributed by atoms with Gasteiger partial charge in [-0.25, -0.2) is 5.53 Å². The van der Waals surface area contributed by atoms with Crippen LogP contribution in [0.2, 0.25) is 0 Å². The molecule has 70 valence electrons. The van der Waals surface area contributed by atoms with Crippen molar-refractivity contribution in [3.63, 3.8) is 0 Å². The van der Waals surface area contributed by atoms with E-state index in [1.54, 1.807) is 0 Å². The van der Waals surface area contributed by atoms with Crippen LogP contribution in [0, 0.1) is 5.53 Å². The molecule has 3 nitrogen and oxygen atoms in total. The molecule has 0 spiro atoms. The van der Waals surface area contributed by atoms with Crippen LogP contribution >= 0.6 is 0 Å². The van der Waals surface area contributed by atoms with E-state index in [0.717, 1.165) is 11.3 Å². The Bertz CT molecular complexity index is 269. The fourth-order valence-corrected chi connectivity index (χ4v) is 1.08. The van der Waals surface area contributed by atoms with Crippen LogP contribution in [-0.4, -0.2) is 6.61 Å². The molecule has 1 aromatic rings. The molecule has 3 heteroatoms. The molecule has 0 aliphatic carbocycles. The fourth-order valence-electron chi connectivity index (χ4n) is 1.08. The van der Waals surface area contributed by atoms with Gasteiger partial charge in [0.25, 0.3) is 0 Å². The zero-order valence-corrected chi connectivity index (χ0v) is 7.95. The molecule has 0 amide bonds. The van der Waals surface area contributed by atoms with Gasteiger partial charge in [0.05, 0.1) is 12.6 Å². The predicted molar refractivity (Wildman–Crippen MR) is 51.2 cm³/mol. The summed E-state index contributed by atoms with van der Waals surface area (Å²) in [6, 6.07) is 7.62. The molecule has 0 fully saturated rings. The molecule has 1 unspecified atom stereocenters. The second-order valence-corrected chi connectivity index (χ2v) is 2.81. The Morgan fingerprint density at radius 2 is 2.00 bits per heavy atom. The summed E-state index contributed by atoms with van der Waals surface area (Å²) in [5.41, 5.74) is 7.91. The summed E-state index contributed by atoms with van der Waals surface area (Å²) < 4.78 is 5.30. The van der Waals surface area contributed by atoms with E-state index in [2.05, 4.69) is 5.11 Å². The summed E-state index contributed by atoms with van der Waals surface area (Å²) in [6.07, 6.45) is 0. The maximum Gasteiger partial charge on any atom is 0.119 e. The standard InChI is InChI=1S/C10H14N2O/c1-3-13-10-6-4-9(5-7-10)8(2)12-11/h4-8,11H,3H2,1-2H3. The highest BCUT2D eigenvalue weighted by Crippen LogP contribution is 2.19. The third-order valence-electron chi connectivity index (χ3n) is 1.87. The summed E-state index contributed by atoms with van der Waals surface area (Å²) in [5.74, 6) is 0.864. The average molecular weight is 178 g/mol. The van der Waals surface area contributed by atoms with Crippen molar-refractivity contribution in [2.45, 2.75) is 19.9 Å². The first-order valence-corrected chi connectivity index (χ1v) is 4.37. The van der Waals surface area contributed by atoms with Gasteiger partial charge in [-0.05, 0) is 31.5 Å². The molecule has 1 rings (SSSR count). The summed E-state index contributed by atoms with van der Waals surface area (Å²) in [7, 11) is 0. The lowest BCUT2D eigenvalue weighted by Gasteiger charge is -2.06. The van der Waals surface area contributed by atoms with Gasteiger partial charge < -0.3 is 4.74 Å². The van der Waals surface area contributed by atoms with Gasteiger partial charge >= 0.3 is 0 Å². The quantitative estimate of drug-likeness (QED) is 0.707. The van der Waals surface area contributed by atoms with E-state index in [1.165, 1.54) is 0 Å². The first-order valence-electron chi connectivity index (χ1n) is 4.37. The minimum atomic E-state index is -0.0596. The summed E-state index contributed by atoms with van der Waals surface area (Å²) in [4.78, 5) is 0. The van der Waals surface area contributed by atoms with Crippen molar-refractivity contribution in [2.75, 3.05) is 6.61 Å². The average Bonchev–Trinajstić information content (AvgIpc) is 2.18. The molecule has 0 radical (unpaired) electrons. The van der Waals surface area contributed by atoms with E-state index in [1.807, 2.05) is 38.1 Å². The van der Waals surface area contributed by atoms with Gasteiger partial charge in [-0.2, -0.15) is 5.11 Å². The molecular formula is C10H14N2O. The van der Waals surface area contributed by atoms with Crippen molar-refractivity contribution in [3.05, 3.63) is 29.8 Å². The number of nitrogens with zero attached hydrogens (tertiary/aromatic N) is 1. The molecule has 0 bridgehead atoms. The monoisotopic (exact) mass is 178 g/mol. The predicted octanol–water partition coefficient (Wildman–Crippen LogP) is 3.18. The Morgan fingerprint density at radius 3 is 2.46 bits per heavy atom. The van der Waals surface area contributed by atoms with Crippen molar-refractivity contribution >= 4 is 0 Å². The Balaban J connectivity index is 2.74. The Kier molecular flexibility index (Phi) is 3.43. The molecule has 0 heterocycles. The van der Waals surface area contributed by atoms with E-state index in [4.69, 9.17) is 10.3 Å². The maximum absolute atomic E-state index is 6.87. The van der Waals surface area contributed by atoms with Crippen LogP contribution in [0.15, 0.2) is 29.4 Å². The smallest absolute Gasteiger partial charge is 0.119 e. The SMILES string of the molecule is CCOc1ccc(C(C)N=N)cc1. The van der Waals surface area contributed by atoms with Crippen molar-refractivity contribution in [3.8, 4) is 5.75 Å². The van der Waals surface area contributed by atoms with Gasteiger partial charge in [0.2, 0.25) is 0 Å². The second-order valence-electron chi connectivity index (χ2n) is 2.81. The maximum atomic E-state index is 6.87. The number of benzene rings is 1. The normalized spacial score (nSPS) is 12.2. The van der Waals surface area contributed by atoms with Gasteiger partial charge in [-0.1, -0.05) is 12.1 Å². The van der Waals surface area contributed by atoms with Crippen LogP contribution in [0.4, 0.5) is 0 Å². The van der Waals surface area contributed by atoms with Crippen LogP contribution in [0.3, 0.4) is 0 Å². The van der Waals surface area contributed by atoms with Crippen molar-refractivity contribution in [1.82, 2.24) is 0 Å². The van der Waals surface area contributed by atoms with E-state index in [9.17, 15) is 0 Å². The van der Waals surface area contributed by atoms with Gasteiger partial charge in [0.15, 0.2) is 0 Å². The first kappa shape index (κ1) is 9.71. The summed E-state index contributed by atoms with van der Waals surface area (Å²) >= 11 is 0. The first-order chi connectivity index (χ1) is 6.27. The minimum Gasteiger partial charge on any atom is -0.494 e. The van der Waals surface area contributed by atoms with Gasteiger partial charge in [-0.3, -0.25) is 0 Å². The van der Waals surface area contributed by atoms with Crippen LogP contribution in [0.25, 0.3) is 0 Å². The van der Waals surface area contributed by atoms with Crippen molar-refractivity contribution < 1.29 is 4.74 Å². The number of nitrogens with one attached hydrogen (secondary N) is 1. The highest BCUT2D eigenvalue weighted by Gasteiger charge is 2.02. The third kappa shape index (κ3) is 2.54. The van der Waals surface area contributed by atoms with E-state index < -0.39 is 0 Å².